The molecule has 0 spiro atoms. The van der Waals surface area contributed by atoms with Crippen molar-refractivity contribution in [3.63, 3.8) is 0 Å². The van der Waals surface area contributed by atoms with E-state index < -0.39 is 0 Å². The Morgan fingerprint density at radius 2 is 1.74 bits per heavy atom. The quantitative estimate of drug-likeness (QED) is 0.940. The van der Waals surface area contributed by atoms with Gasteiger partial charge in [-0.05, 0) is 50.8 Å². The van der Waals surface area contributed by atoms with Crippen LogP contribution >= 0.6 is 0 Å². The molecule has 0 unspecified atom stereocenters. The molecule has 0 bridgehead atoms. The molecule has 1 aromatic heterocycles. The maximum atomic E-state index is 12.4. The zero-order valence-electron chi connectivity index (χ0n) is 14.4. The van der Waals surface area contributed by atoms with Gasteiger partial charge in [0.05, 0.1) is 5.69 Å². The van der Waals surface area contributed by atoms with E-state index in [0.717, 1.165) is 18.5 Å². The lowest BCUT2D eigenvalue weighted by Crippen LogP contribution is -2.32. The molecule has 23 heavy (non-hydrogen) atoms. The number of amides is 1. The van der Waals surface area contributed by atoms with Gasteiger partial charge in [0.2, 0.25) is 0 Å². The molecule has 0 aliphatic heterocycles. The molecule has 1 saturated carbocycles. The summed E-state index contributed by atoms with van der Waals surface area (Å²) in [6, 6.07) is 6.58. The van der Waals surface area contributed by atoms with E-state index in [4.69, 9.17) is 0 Å². The molecular weight excluding hydrogens is 286 g/mol. The Labute approximate surface area is 137 Å². The van der Waals surface area contributed by atoms with Crippen molar-refractivity contribution in [1.82, 2.24) is 15.1 Å². The fraction of sp³-hybridized carbons (Fsp3) is 0.474. The topological polar surface area (TPSA) is 46.9 Å². The first-order valence-electron chi connectivity index (χ1n) is 8.39. The Kier molecular flexibility index (Phi) is 4.24. The highest BCUT2D eigenvalue weighted by Gasteiger charge is 2.21. The molecule has 0 radical (unpaired) electrons. The van der Waals surface area contributed by atoms with Crippen LogP contribution in [0.1, 0.15) is 52.9 Å². The molecule has 1 aliphatic rings. The molecule has 1 aliphatic carbocycles. The number of nitrogens with zero attached hydrogens (tertiary/aromatic N) is 2. The minimum absolute atomic E-state index is 0.0545. The molecule has 122 valence electrons. The van der Waals surface area contributed by atoms with E-state index >= 15 is 0 Å². The Morgan fingerprint density at radius 1 is 1.13 bits per heavy atom. The Bertz CT molecular complexity index is 716. The predicted octanol–water partition coefficient (Wildman–Crippen LogP) is 3.68. The summed E-state index contributed by atoms with van der Waals surface area (Å²) in [7, 11) is 1.90. The molecular formula is C19H25N3O. The molecule has 1 heterocycles. The number of aromatic nitrogens is 2. The normalized spacial score (nSPS) is 15.1. The third kappa shape index (κ3) is 3.16. The van der Waals surface area contributed by atoms with Crippen LogP contribution in [0.5, 0.6) is 0 Å². The fourth-order valence-electron chi connectivity index (χ4n) is 3.73. The summed E-state index contributed by atoms with van der Waals surface area (Å²) in [4.78, 5) is 12.4. The summed E-state index contributed by atoms with van der Waals surface area (Å²) in [5, 5.41) is 7.55. The van der Waals surface area contributed by atoms with Crippen molar-refractivity contribution >= 4 is 5.91 Å². The van der Waals surface area contributed by atoms with E-state index in [1.165, 1.54) is 35.1 Å². The van der Waals surface area contributed by atoms with E-state index in [0.29, 0.717) is 11.7 Å². The van der Waals surface area contributed by atoms with Crippen LogP contribution in [-0.4, -0.2) is 21.7 Å². The standard InChI is InChI=1S/C19H25N3O/c1-12-9-13(2)18(14(3)10-12)17-11-16(21-22(17)4)19(23)20-15-7-5-6-8-15/h9-11,15H,5-8H2,1-4H3,(H,20,23). The highest BCUT2D eigenvalue weighted by atomic mass is 16.2. The van der Waals surface area contributed by atoms with Crippen molar-refractivity contribution in [2.75, 3.05) is 0 Å². The highest BCUT2D eigenvalue weighted by Crippen LogP contribution is 2.28. The smallest absolute Gasteiger partial charge is 0.272 e. The van der Waals surface area contributed by atoms with Crippen molar-refractivity contribution in [1.29, 1.82) is 0 Å². The number of rotatable bonds is 3. The maximum absolute atomic E-state index is 12.4. The largest absolute Gasteiger partial charge is 0.348 e. The van der Waals surface area contributed by atoms with Crippen LogP contribution in [0.2, 0.25) is 0 Å². The number of hydrogen-bond donors (Lipinski definition) is 1. The lowest BCUT2D eigenvalue weighted by Gasteiger charge is -2.11. The minimum Gasteiger partial charge on any atom is -0.348 e. The van der Waals surface area contributed by atoms with Crippen molar-refractivity contribution in [3.8, 4) is 11.3 Å². The first kappa shape index (κ1) is 15.8. The molecule has 1 N–H and O–H groups in total. The summed E-state index contributed by atoms with van der Waals surface area (Å²) in [5.41, 5.74) is 6.36. The summed E-state index contributed by atoms with van der Waals surface area (Å²) >= 11 is 0. The first-order valence-corrected chi connectivity index (χ1v) is 8.39. The number of nitrogens with one attached hydrogen (secondary N) is 1. The van der Waals surface area contributed by atoms with Gasteiger partial charge in [-0.3, -0.25) is 9.48 Å². The zero-order valence-corrected chi connectivity index (χ0v) is 14.4. The number of aryl methyl sites for hydroxylation is 4. The van der Waals surface area contributed by atoms with Crippen molar-refractivity contribution in [3.05, 3.63) is 40.6 Å². The predicted molar refractivity (Wildman–Crippen MR) is 92.6 cm³/mol. The Balaban J connectivity index is 1.90. The van der Waals surface area contributed by atoms with Gasteiger partial charge in [0, 0.05) is 18.7 Å². The van der Waals surface area contributed by atoms with Gasteiger partial charge in [0.15, 0.2) is 5.69 Å². The SMILES string of the molecule is Cc1cc(C)c(-c2cc(C(=O)NC3CCCC3)nn2C)c(C)c1. The average molecular weight is 311 g/mol. The van der Waals surface area contributed by atoms with Crippen LogP contribution in [0.3, 0.4) is 0 Å². The van der Waals surface area contributed by atoms with Gasteiger partial charge in [0.25, 0.3) is 5.91 Å². The van der Waals surface area contributed by atoms with Crippen LogP contribution in [0, 0.1) is 20.8 Å². The van der Waals surface area contributed by atoms with Gasteiger partial charge in [0.1, 0.15) is 0 Å². The average Bonchev–Trinajstić information content (AvgIpc) is 3.08. The fourth-order valence-corrected chi connectivity index (χ4v) is 3.73. The van der Waals surface area contributed by atoms with Crippen molar-refractivity contribution in [2.24, 2.45) is 7.05 Å². The van der Waals surface area contributed by atoms with Crippen LogP contribution in [-0.2, 0) is 7.05 Å². The van der Waals surface area contributed by atoms with Gasteiger partial charge in [-0.2, -0.15) is 5.10 Å². The molecule has 1 aromatic carbocycles. The summed E-state index contributed by atoms with van der Waals surface area (Å²) in [6.07, 6.45) is 4.59. The molecule has 4 nitrogen and oxygen atoms in total. The van der Waals surface area contributed by atoms with E-state index in [-0.39, 0.29) is 5.91 Å². The van der Waals surface area contributed by atoms with Crippen LogP contribution in [0.15, 0.2) is 18.2 Å². The second-order valence-electron chi connectivity index (χ2n) is 6.77. The highest BCUT2D eigenvalue weighted by molar-refractivity contribution is 5.93. The summed E-state index contributed by atoms with van der Waals surface area (Å²) < 4.78 is 1.81. The number of hydrogen-bond acceptors (Lipinski definition) is 2. The monoisotopic (exact) mass is 311 g/mol. The third-order valence-corrected chi connectivity index (χ3v) is 4.74. The van der Waals surface area contributed by atoms with Crippen molar-refractivity contribution in [2.45, 2.75) is 52.5 Å². The second kappa shape index (κ2) is 6.19. The number of carbonyl (C=O) groups is 1. The van der Waals surface area contributed by atoms with Crippen molar-refractivity contribution < 1.29 is 4.79 Å². The zero-order chi connectivity index (χ0) is 16.6. The molecule has 4 heteroatoms. The Morgan fingerprint density at radius 3 is 2.35 bits per heavy atom. The van der Waals surface area contributed by atoms with Crippen LogP contribution < -0.4 is 5.32 Å². The van der Waals surface area contributed by atoms with Gasteiger partial charge in [-0.25, -0.2) is 0 Å². The molecule has 0 atom stereocenters. The Hall–Kier alpha value is -2.10. The maximum Gasteiger partial charge on any atom is 0.272 e. The molecule has 0 saturated heterocycles. The molecule has 3 rings (SSSR count). The first-order chi connectivity index (χ1) is 11.0. The van der Waals surface area contributed by atoms with Gasteiger partial charge < -0.3 is 5.32 Å². The minimum atomic E-state index is -0.0545. The van der Waals surface area contributed by atoms with Crippen LogP contribution in [0.25, 0.3) is 11.3 Å². The number of carbonyl (C=O) groups excluding carboxylic acids is 1. The molecule has 1 amide bonds. The van der Waals surface area contributed by atoms with E-state index in [1.54, 1.807) is 0 Å². The van der Waals surface area contributed by atoms with E-state index in [2.05, 4.69) is 43.3 Å². The van der Waals surface area contributed by atoms with E-state index in [9.17, 15) is 4.79 Å². The lowest BCUT2D eigenvalue weighted by molar-refractivity contribution is 0.0932. The number of benzene rings is 1. The third-order valence-electron chi connectivity index (χ3n) is 4.74. The van der Waals surface area contributed by atoms with Crippen LogP contribution in [0.4, 0.5) is 0 Å². The van der Waals surface area contributed by atoms with E-state index in [1.807, 2.05) is 17.8 Å². The van der Waals surface area contributed by atoms with Gasteiger partial charge in [-0.1, -0.05) is 30.5 Å². The van der Waals surface area contributed by atoms with Gasteiger partial charge in [-0.15, -0.1) is 0 Å². The lowest BCUT2D eigenvalue weighted by atomic mass is 9.97. The molecule has 1 fully saturated rings. The van der Waals surface area contributed by atoms with Gasteiger partial charge >= 0.3 is 0 Å². The molecule has 2 aromatic rings. The summed E-state index contributed by atoms with van der Waals surface area (Å²) in [6.45, 7) is 6.33. The summed E-state index contributed by atoms with van der Waals surface area (Å²) in [5.74, 6) is -0.0545. The second-order valence-corrected chi connectivity index (χ2v) is 6.77.